The lowest BCUT2D eigenvalue weighted by molar-refractivity contribution is -0.141. The van der Waals surface area contributed by atoms with Crippen LogP contribution in [0.3, 0.4) is 0 Å². The average Bonchev–Trinajstić information content (AvgIpc) is 2.84. The summed E-state index contributed by atoms with van der Waals surface area (Å²) < 4.78 is 0. The number of fused-ring (bicyclic) bond motifs is 1. The zero-order chi connectivity index (χ0) is 15.2. The van der Waals surface area contributed by atoms with Crippen LogP contribution >= 0.6 is 23.5 Å². The molecule has 1 amide bonds. The Kier molecular flexibility index (Phi) is 5.99. The summed E-state index contributed by atoms with van der Waals surface area (Å²) in [6.07, 6.45) is 1.55. The summed E-state index contributed by atoms with van der Waals surface area (Å²) in [7, 11) is 0. The fourth-order valence-electron chi connectivity index (χ4n) is 2.27. The third kappa shape index (κ3) is 4.97. The van der Waals surface area contributed by atoms with Crippen LogP contribution in [0.5, 0.6) is 0 Å². The minimum absolute atomic E-state index is 0.297. The van der Waals surface area contributed by atoms with E-state index in [2.05, 4.69) is 29.6 Å². The molecule has 0 spiro atoms. The molecule has 2 atom stereocenters. The number of hydrogen-bond acceptors (Lipinski definition) is 4. The standard InChI is InChI=1S/C15H19NO3S2/c1-10(17)16-13(15(18)19)6-7-20-9-12-8-11-4-2-3-5-14(11)21-12/h2-5,12-13H,6-9H2,1H3,(H,16,17)(H,18,19). The van der Waals surface area contributed by atoms with Crippen molar-refractivity contribution in [2.45, 2.75) is 36.0 Å². The molecule has 2 N–H and O–H groups in total. The minimum Gasteiger partial charge on any atom is -0.480 e. The Morgan fingerprint density at radius 2 is 2.24 bits per heavy atom. The monoisotopic (exact) mass is 325 g/mol. The van der Waals surface area contributed by atoms with Crippen molar-refractivity contribution in [3.05, 3.63) is 29.8 Å². The van der Waals surface area contributed by atoms with Crippen LogP contribution in [0.15, 0.2) is 29.2 Å². The number of amides is 1. The highest BCUT2D eigenvalue weighted by Gasteiger charge is 2.22. The number of carboxylic acid groups (broad SMARTS) is 1. The molecule has 0 saturated heterocycles. The van der Waals surface area contributed by atoms with Crippen molar-refractivity contribution in [3.63, 3.8) is 0 Å². The van der Waals surface area contributed by atoms with Gasteiger partial charge in [0, 0.05) is 22.8 Å². The number of aliphatic carboxylic acids is 1. The molecule has 1 aromatic carbocycles. The summed E-state index contributed by atoms with van der Waals surface area (Å²) in [4.78, 5) is 23.3. The Morgan fingerprint density at radius 1 is 1.48 bits per heavy atom. The average molecular weight is 325 g/mol. The molecule has 0 aliphatic carbocycles. The second-order valence-corrected chi connectivity index (χ2v) is 7.50. The molecule has 6 heteroatoms. The maximum Gasteiger partial charge on any atom is 0.326 e. The van der Waals surface area contributed by atoms with E-state index in [9.17, 15) is 9.59 Å². The predicted molar refractivity (Wildman–Crippen MR) is 87.0 cm³/mol. The Morgan fingerprint density at radius 3 is 2.90 bits per heavy atom. The molecule has 114 valence electrons. The number of carboxylic acids is 1. The van der Waals surface area contributed by atoms with Gasteiger partial charge in [-0.05, 0) is 30.2 Å². The van der Waals surface area contributed by atoms with Gasteiger partial charge < -0.3 is 10.4 Å². The van der Waals surface area contributed by atoms with Gasteiger partial charge in [0.1, 0.15) is 6.04 Å². The molecule has 21 heavy (non-hydrogen) atoms. The molecule has 1 aliphatic heterocycles. The highest BCUT2D eigenvalue weighted by Crippen LogP contribution is 2.38. The van der Waals surface area contributed by atoms with Crippen molar-refractivity contribution in [3.8, 4) is 0 Å². The van der Waals surface area contributed by atoms with Crippen molar-refractivity contribution in [2.24, 2.45) is 0 Å². The van der Waals surface area contributed by atoms with Gasteiger partial charge in [-0.3, -0.25) is 4.79 Å². The number of carbonyl (C=O) groups is 2. The number of nitrogens with one attached hydrogen (secondary N) is 1. The summed E-state index contributed by atoms with van der Waals surface area (Å²) in [5.74, 6) is 0.485. The zero-order valence-electron chi connectivity index (χ0n) is 11.9. The quantitative estimate of drug-likeness (QED) is 0.754. The third-order valence-corrected chi connectivity index (χ3v) is 5.94. The normalized spacial score (nSPS) is 18.0. The fourth-order valence-corrected chi connectivity index (χ4v) is 4.86. The molecule has 0 bridgehead atoms. The summed E-state index contributed by atoms with van der Waals surface area (Å²) in [5.41, 5.74) is 1.41. The second kappa shape index (κ2) is 7.75. The third-order valence-electron chi connectivity index (χ3n) is 3.24. The highest BCUT2D eigenvalue weighted by atomic mass is 32.2. The molecule has 0 fully saturated rings. The first-order chi connectivity index (χ1) is 10.1. The number of carbonyl (C=O) groups excluding carboxylic acids is 1. The van der Waals surface area contributed by atoms with E-state index in [1.54, 1.807) is 11.8 Å². The zero-order valence-corrected chi connectivity index (χ0v) is 13.5. The van der Waals surface area contributed by atoms with Gasteiger partial charge in [0.25, 0.3) is 0 Å². The lowest BCUT2D eigenvalue weighted by Crippen LogP contribution is -2.39. The first-order valence-corrected chi connectivity index (χ1v) is 8.92. The lowest BCUT2D eigenvalue weighted by Gasteiger charge is -2.13. The van der Waals surface area contributed by atoms with Gasteiger partial charge in [-0.15, -0.1) is 11.8 Å². The van der Waals surface area contributed by atoms with E-state index in [1.807, 2.05) is 11.8 Å². The summed E-state index contributed by atoms with van der Waals surface area (Å²) in [6, 6.07) is 7.68. The molecule has 0 saturated carbocycles. The summed E-state index contributed by atoms with van der Waals surface area (Å²) in [6.45, 7) is 1.34. The van der Waals surface area contributed by atoms with Crippen LogP contribution in [0.25, 0.3) is 0 Å². The smallest absolute Gasteiger partial charge is 0.326 e. The molecule has 1 aliphatic rings. The first-order valence-electron chi connectivity index (χ1n) is 6.88. The van der Waals surface area contributed by atoms with E-state index in [1.165, 1.54) is 17.4 Å². The molecular weight excluding hydrogens is 306 g/mol. The minimum atomic E-state index is -0.964. The largest absolute Gasteiger partial charge is 0.480 e. The number of rotatable bonds is 7. The Balaban J connectivity index is 1.69. The highest BCUT2D eigenvalue weighted by molar-refractivity contribution is 8.03. The lowest BCUT2D eigenvalue weighted by atomic mass is 10.1. The molecular formula is C15H19NO3S2. The van der Waals surface area contributed by atoms with E-state index in [-0.39, 0.29) is 5.91 Å². The Labute approximate surface area is 133 Å². The van der Waals surface area contributed by atoms with E-state index < -0.39 is 12.0 Å². The van der Waals surface area contributed by atoms with Crippen molar-refractivity contribution < 1.29 is 14.7 Å². The predicted octanol–water partition coefficient (Wildman–Crippen LogP) is 2.42. The van der Waals surface area contributed by atoms with Gasteiger partial charge in [-0.2, -0.15) is 11.8 Å². The topological polar surface area (TPSA) is 66.4 Å². The summed E-state index contributed by atoms with van der Waals surface area (Å²) >= 11 is 3.66. The van der Waals surface area contributed by atoms with Gasteiger partial charge in [0.05, 0.1) is 0 Å². The van der Waals surface area contributed by atoms with Crippen LogP contribution in [0.2, 0.25) is 0 Å². The molecule has 4 nitrogen and oxygen atoms in total. The van der Waals surface area contributed by atoms with Crippen LogP contribution in [0.4, 0.5) is 0 Å². The van der Waals surface area contributed by atoms with Crippen LogP contribution in [0, 0.1) is 0 Å². The van der Waals surface area contributed by atoms with Gasteiger partial charge in [-0.25, -0.2) is 4.79 Å². The van der Waals surface area contributed by atoms with Crippen molar-refractivity contribution in [1.82, 2.24) is 5.32 Å². The fraction of sp³-hybridized carbons (Fsp3) is 0.467. The Bertz CT molecular complexity index is 496. The second-order valence-electron chi connectivity index (χ2n) is 5.01. The molecule has 0 radical (unpaired) electrons. The van der Waals surface area contributed by atoms with E-state index in [4.69, 9.17) is 5.11 Å². The maximum atomic E-state index is 11.0. The van der Waals surface area contributed by atoms with E-state index >= 15 is 0 Å². The van der Waals surface area contributed by atoms with Gasteiger partial charge in [-0.1, -0.05) is 18.2 Å². The van der Waals surface area contributed by atoms with Crippen molar-refractivity contribution in [1.29, 1.82) is 0 Å². The molecule has 1 heterocycles. The number of thioether (sulfide) groups is 2. The molecule has 1 aromatic rings. The number of benzene rings is 1. The van der Waals surface area contributed by atoms with Gasteiger partial charge in [0.15, 0.2) is 0 Å². The van der Waals surface area contributed by atoms with Gasteiger partial charge >= 0.3 is 5.97 Å². The van der Waals surface area contributed by atoms with E-state index in [0.29, 0.717) is 11.7 Å². The molecule has 2 rings (SSSR count). The SMILES string of the molecule is CC(=O)NC(CCSCC1Cc2ccccc2S1)C(=O)O. The van der Waals surface area contributed by atoms with Gasteiger partial charge in [0.2, 0.25) is 5.91 Å². The summed E-state index contributed by atoms with van der Waals surface area (Å²) in [5, 5.41) is 12.1. The van der Waals surface area contributed by atoms with Crippen molar-refractivity contribution in [2.75, 3.05) is 11.5 Å². The molecule has 0 aromatic heterocycles. The van der Waals surface area contributed by atoms with Crippen LogP contribution < -0.4 is 5.32 Å². The Hall–Kier alpha value is -1.14. The van der Waals surface area contributed by atoms with Crippen LogP contribution in [-0.2, 0) is 16.0 Å². The molecule has 2 unspecified atom stereocenters. The van der Waals surface area contributed by atoms with E-state index in [0.717, 1.165) is 17.9 Å². The van der Waals surface area contributed by atoms with Crippen LogP contribution in [0.1, 0.15) is 18.9 Å². The van der Waals surface area contributed by atoms with Crippen molar-refractivity contribution >= 4 is 35.4 Å². The van der Waals surface area contributed by atoms with Crippen LogP contribution in [-0.4, -0.2) is 39.8 Å². The number of hydrogen-bond donors (Lipinski definition) is 2. The maximum absolute atomic E-state index is 11.0. The first kappa shape index (κ1) is 16.2.